The van der Waals surface area contributed by atoms with Crippen LogP contribution in [0.4, 0.5) is 15.2 Å². The monoisotopic (exact) mass is 239 g/mol. The molecule has 0 aliphatic rings. The average molecular weight is 239 g/mol. The highest BCUT2D eigenvalue weighted by Crippen LogP contribution is 2.15. The molecule has 0 saturated carbocycles. The van der Waals surface area contributed by atoms with E-state index in [-0.39, 0.29) is 16.4 Å². The van der Waals surface area contributed by atoms with Gasteiger partial charge in [-0.15, -0.1) is 0 Å². The Labute approximate surface area is 93.4 Å². The van der Waals surface area contributed by atoms with E-state index in [1.807, 2.05) is 0 Å². The Hall–Kier alpha value is -2.09. The van der Waals surface area contributed by atoms with Gasteiger partial charge in [0.1, 0.15) is 5.82 Å². The van der Waals surface area contributed by atoms with Crippen molar-refractivity contribution < 1.29 is 9.18 Å². The minimum atomic E-state index is -0.494. The van der Waals surface area contributed by atoms with Crippen LogP contribution in [-0.4, -0.2) is 20.7 Å². The molecule has 16 heavy (non-hydrogen) atoms. The predicted octanol–water partition coefficient (Wildman–Crippen LogP) is 0.907. The topological polar surface area (TPSA) is 93.8 Å². The number of nitrogens with one attached hydrogen (secondary N) is 1. The van der Waals surface area contributed by atoms with E-state index in [4.69, 9.17) is 5.73 Å². The van der Waals surface area contributed by atoms with Gasteiger partial charge in [0.2, 0.25) is 5.13 Å². The van der Waals surface area contributed by atoms with E-state index < -0.39 is 11.7 Å². The van der Waals surface area contributed by atoms with Gasteiger partial charge >= 0.3 is 0 Å². The zero-order valence-electron chi connectivity index (χ0n) is 7.85. The summed E-state index contributed by atoms with van der Waals surface area (Å²) in [7, 11) is 0. The highest BCUT2D eigenvalue weighted by molar-refractivity contribution is 7.09. The van der Waals surface area contributed by atoms with Crippen LogP contribution in [-0.2, 0) is 0 Å². The van der Waals surface area contributed by atoms with Gasteiger partial charge in [0.05, 0.1) is 5.56 Å². The van der Waals surface area contributed by atoms with E-state index >= 15 is 0 Å². The standard InChI is InChI=1S/C8H6FN5OS/c9-4-1-2-5(6(10)3-4)7(15)11-8-12-13-14-16-8/h1-3H,10H2,(H,11,12,14,15). The van der Waals surface area contributed by atoms with Crippen LogP contribution in [0.15, 0.2) is 18.2 Å². The van der Waals surface area contributed by atoms with Gasteiger partial charge in [-0.2, -0.15) is 0 Å². The van der Waals surface area contributed by atoms with Crippen molar-refractivity contribution in [3.8, 4) is 0 Å². The fourth-order valence-electron chi connectivity index (χ4n) is 1.09. The van der Waals surface area contributed by atoms with Crippen LogP contribution in [0, 0.1) is 5.82 Å². The summed E-state index contributed by atoms with van der Waals surface area (Å²) in [6.07, 6.45) is 0. The van der Waals surface area contributed by atoms with Crippen molar-refractivity contribution in [3.05, 3.63) is 29.6 Å². The molecule has 0 aliphatic heterocycles. The molecule has 8 heteroatoms. The number of hydrogen-bond acceptors (Lipinski definition) is 6. The summed E-state index contributed by atoms with van der Waals surface area (Å²) < 4.78 is 16.2. The summed E-state index contributed by atoms with van der Waals surface area (Å²) in [4.78, 5) is 11.6. The molecule has 1 amide bonds. The van der Waals surface area contributed by atoms with E-state index in [9.17, 15) is 9.18 Å². The number of carbonyl (C=O) groups excluding carboxylic acids is 1. The molecule has 1 aromatic carbocycles. The van der Waals surface area contributed by atoms with Crippen LogP contribution >= 0.6 is 11.5 Å². The van der Waals surface area contributed by atoms with E-state index in [1.54, 1.807) is 0 Å². The van der Waals surface area contributed by atoms with E-state index in [0.29, 0.717) is 0 Å². The van der Waals surface area contributed by atoms with E-state index in [1.165, 1.54) is 6.07 Å². The summed E-state index contributed by atoms with van der Waals surface area (Å²) in [6.45, 7) is 0. The van der Waals surface area contributed by atoms with Gasteiger partial charge in [-0.25, -0.2) is 4.39 Å². The SMILES string of the molecule is Nc1cc(F)ccc1C(=O)Nc1nnns1. The molecule has 6 nitrogen and oxygen atoms in total. The number of anilines is 2. The maximum Gasteiger partial charge on any atom is 0.259 e. The maximum absolute atomic E-state index is 12.7. The molecular weight excluding hydrogens is 233 g/mol. The number of carbonyl (C=O) groups is 1. The molecule has 3 N–H and O–H groups in total. The molecule has 0 saturated heterocycles. The normalized spacial score (nSPS) is 10.1. The number of halogens is 1. The minimum absolute atomic E-state index is 0.0648. The Morgan fingerprint density at radius 2 is 2.31 bits per heavy atom. The van der Waals surface area contributed by atoms with Gasteiger partial charge in [-0.05, 0) is 23.4 Å². The zero-order chi connectivity index (χ0) is 11.5. The molecule has 0 unspecified atom stereocenters. The second-order valence-corrected chi connectivity index (χ2v) is 3.59. The third kappa shape index (κ3) is 2.11. The molecule has 1 heterocycles. The van der Waals surface area contributed by atoms with Gasteiger partial charge in [0.25, 0.3) is 5.91 Å². The van der Waals surface area contributed by atoms with Crippen molar-refractivity contribution in [2.24, 2.45) is 0 Å². The third-order valence-electron chi connectivity index (χ3n) is 1.78. The molecule has 82 valence electrons. The fraction of sp³-hybridized carbons (Fsp3) is 0. The quantitative estimate of drug-likeness (QED) is 0.759. The van der Waals surface area contributed by atoms with Crippen molar-refractivity contribution in [2.75, 3.05) is 11.1 Å². The molecule has 0 radical (unpaired) electrons. The first-order chi connectivity index (χ1) is 7.66. The van der Waals surface area contributed by atoms with Crippen LogP contribution in [0.3, 0.4) is 0 Å². The number of nitrogens with zero attached hydrogens (tertiary/aromatic N) is 3. The predicted molar refractivity (Wildman–Crippen MR) is 56.5 cm³/mol. The maximum atomic E-state index is 12.7. The smallest absolute Gasteiger partial charge is 0.259 e. The van der Waals surface area contributed by atoms with Gasteiger partial charge in [0.15, 0.2) is 0 Å². The number of benzene rings is 1. The largest absolute Gasteiger partial charge is 0.398 e. The van der Waals surface area contributed by atoms with Crippen LogP contribution in [0.25, 0.3) is 0 Å². The molecule has 0 atom stereocenters. The van der Waals surface area contributed by atoms with Crippen LogP contribution in [0.1, 0.15) is 10.4 Å². The Balaban J connectivity index is 2.21. The summed E-state index contributed by atoms with van der Waals surface area (Å²) in [5, 5.41) is 9.56. The number of amides is 1. The van der Waals surface area contributed by atoms with E-state index in [0.717, 1.165) is 23.7 Å². The van der Waals surface area contributed by atoms with Crippen molar-refractivity contribution in [1.29, 1.82) is 0 Å². The molecule has 1 aromatic heterocycles. The van der Waals surface area contributed by atoms with Crippen LogP contribution in [0.2, 0.25) is 0 Å². The molecule has 0 spiro atoms. The fourth-order valence-corrected chi connectivity index (χ4v) is 1.45. The highest BCUT2D eigenvalue weighted by atomic mass is 32.1. The van der Waals surface area contributed by atoms with Crippen molar-refractivity contribution in [2.45, 2.75) is 0 Å². The first kappa shape index (κ1) is 10.4. The molecule has 0 bridgehead atoms. The summed E-state index contributed by atoms with van der Waals surface area (Å²) in [5.74, 6) is -0.970. The Kier molecular flexibility index (Phi) is 2.73. The van der Waals surface area contributed by atoms with Crippen molar-refractivity contribution in [1.82, 2.24) is 14.8 Å². The lowest BCUT2D eigenvalue weighted by Gasteiger charge is -2.04. The molecule has 0 aliphatic carbocycles. The van der Waals surface area contributed by atoms with Gasteiger partial charge < -0.3 is 5.73 Å². The summed E-state index contributed by atoms with van der Waals surface area (Å²) >= 11 is 0.936. The lowest BCUT2D eigenvalue weighted by Crippen LogP contribution is -2.14. The lowest BCUT2D eigenvalue weighted by molar-refractivity contribution is 0.102. The third-order valence-corrected chi connectivity index (χ3v) is 2.29. The second-order valence-electron chi connectivity index (χ2n) is 2.85. The van der Waals surface area contributed by atoms with Crippen LogP contribution in [0.5, 0.6) is 0 Å². The Bertz CT molecular complexity index is 515. The van der Waals surface area contributed by atoms with Gasteiger partial charge in [0, 0.05) is 17.2 Å². The number of rotatable bonds is 2. The molecule has 2 rings (SSSR count). The Morgan fingerprint density at radius 3 is 2.94 bits per heavy atom. The number of hydrogen-bond donors (Lipinski definition) is 2. The second kappa shape index (κ2) is 4.19. The summed E-state index contributed by atoms with van der Waals surface area (Å²) in [5.41, 5.74) is 5.74. The minimum Gasteiger partial charge on any atom is -0.398 e. The van der Waals surface area contributed by atoms with Crippen LogP contribution < -0.4 is 11.1 Å². The zero-order valence-corrected chi connectivity index (χ0v) is 8.66. The lowest BCUT2D eigenvalue weighted by atomic mass is 10.1. The molecule has 2 aromatic rings. The first-order valence-corrected chi connectivity index (χ1v) is 4.95. The van der Waals surface area contributed by atoms with E-state index in [2.05, 4.69) is 20.1 Å². The van der Waals surface area contributed by atoms with Gasteiger partial charge in [-0.3, -0.25) is 10.1 Å². The Morgan fingerprint density at radius 1 is 1.50 bits per heavy atom. The molecular formula is C8H6FN5OS. The number of aromatic nitrogens is 3. The van der Waals surface area contributed by atoms with Crippen molar-refractivity contribution >= 4 is 28.3 Å². The van der Waals surface area contributed by atoms with Gasteiger partial charge in [-0.1, -0.05) is 9.59 Å². The number of nitrogens with two attached hydrogens (primary N) is 1. The first-order valence-electron chi connectivity index (χ1n) is 4.18. The van der Waals surface area contributed by atoms with Crippen molar-refractivity contribution in [3.63, 3.8) is 0 Å². The molecule has 0 fully saturated rings. The summed E-state index contributed by atoms with van der Waals surface area (Å²) in [6, 6.07) is 3.53. The average Bonchev–Trinajstić information content (AvgIpc) is 2.70. The highest BCUT2D eigenvalue weighted by Gasteiger charge is 2.12. The number of nitrogen functional groups attached to an aromatic ring is 1.